The maximum Gasteiger partial charge on any atom is 0.472 e. The fraction of sp³-hybridized carbons (Fsp3) is 0.945. The number of phosphoric acid groups is 2. The molecule has 19 heteroatoms. The SMILES string of the molecule is CCCCCCCCCCCCCCCCCC(=O)O[C@H](COC(=O)CCCCCCCCCCCCC(C)C)COP(=O)(O)OC[C@@H](O)COP(=O)(O)OC[C@@H](COC(=O)CCCCCCCCCCC(C)C)OC(=O)CCCCCCCCCCCCCCC. The molecule has 0 bridgehead atoms. The molecule has 0 saturated carbocycles. The van der Waals surface area contributed by atoms with E-state index in [0.29, 0.717) is 25.7 Å². The van der Waals surface area contributed by atoms with E-state index in [1.807, 2.05) is 0 Å². The van der Waals surface area contributed by atoms with E-state index in [0.717, 1.165) is 102 Å². The molecule has 0 rings (SSSR count). The Balaban J connectivity index is 5.26. The van der Waals surface area contributed by atoms with E-state index in [1.54, 1.807) is 0 Å². The predicted molar refractivity (Wildman–Crippen MR) is 372 cm³/mol. The first-order valence-electron chi connectivity index (χ1n) is 38.0. The summed E-state index contributed by atoms with van der Waals surface area (Å²) in [7, 11) is -9.91. The molecular weight excluding hydrogens is 1210 g/mol. The lowest BCUT2D eigenvalue weighted by atomic mass is 10.0. The van der Waals surface area contributed by atoms with E-state index in [1.165, 1.54) is 193 Å². The van der Waals surface area contributed by atoms with Crippen LogP contribution >= 0.6 is 15.6 Å². The van der Waals surface area contributed by atoms with Crippen LogP contribution in [0.25, 0.3) is 0 Å². The molecule has 0 aromatic heterocycles. The van der Waals surface area contributed by atoms with Gasteiger partial charge in [0.15, 0.2) is 12.2 Å². The van der Waals surface area contributed by atoms with Crippen LogP contribution in [0.2, 0.25) is 0 Å². The first kappa shape index (κ1) is 90.1. The van der Waals surface area contributed by atoms with Crippen molar-refractivity contribution in [2.24, 2.45) is 11.8 Å². The van der Waals surface area contributed by atoms with Gasteiger partial charge in [-0.2, -0.15) is 0 Å². The molecule has 0 aromatic carbocycles. The minimum atomic E-state index is -4.95. The normalized spacial score (nSPS) is 14.1. The van der Waals surface area contributed by atoms with Gasteiger partial charge >= 0.3 is 39.5 Å². The number of hydrogen-bond donors (Lipinski definition) is 3. The van der Waals surface area contributed by atoms with Crippen molar-refractivity contribution in [1.82, 2.24) is 0 Å². The summed E-state index contributed by atoms with van der Waals surface area (Å²) >= 11 is 0. The molecule has 0 amide bonds. The van der Waals surface area contributed by atoms with Crippen molar-refractivity contribution >= 4 is 39.5 Å². The molecule has 0 aromatic rings. The van der Waals surface area contributed by atoms with Gasteiger partial charge in [-0.3, -0.25) is 37.3 Å². The van der Waals surface area contributed by atoms with Crippen molar-refractivity contribution in [3.8, 4) is 0 Å². The molecule has 3 N–H and O–H groups in total. The third kappa shape index (κ3) is 66.7. The summed E-state index contributed by atoms with van der Waals surface area (Å²) in [4.78, 5) is 72.7. The standard InChI is InChI=1S/C73H142O17P2/c1-7-9-11-13-15-17-19-21-22-24-26-32-40-46-52-58-73(78)89-68(61-83-70(75)55-49-43-37-30-28-27-29-35-41-47-53-65(3)4)63-87-91(79,80)85-59-67(74)60-86-92(81,82)88-64-69(62-84-71(76)56-50-44-38-34-33-36-42-48-54-66(5)6)90-72(77)57-51-45-39-31-25-23-20-18-16-14-12-10-8-2/h65-69,74H,7-64H2,1-6H3,(H,79,80)(H,81,82)/t67-,68-,69-/m1/s1. The lowest BCUT2D eigenvalue weighted by Gasteiger charge is -2.21. The Morgan fingerprint density at radius 3 is 0.739 bits per heavy atom. The molecule has 0 spiro atoms. The first-order chi connectivity index (χ1) is 44.4. The largest absolute Gasteiger partial charge is 0.472 e. The molecule has 0 fully saturated rings. The van der Waals surface area contributed by atoms with Gasteiger partial charge in [0.25, 0.3) is 0 Å². The molecular formula is C73H142O17P2. The smallest absolute Gasteiger partial charge is 0.462 e. The van der Waals surface area contributed by atoms with Gasteiger partial charge in [-0.05, 0) is 37.5 Å². The van der Waals surface area contributed by atoms with E-state index >= 15 is 0 Å². The molecule has 0 aliphatic heterocycles. The maximum atomic E-state index is 13.1. The third-order valence-corrected chi connectivity index (χ3v) is 18.9. The minimum Gasteiger partial charge on any atom is -0.462 e. The Bertz CT molecular complexity index is 1790. The lowest BCUT2D eigenvalue weighted by molar-refractivity contribution is -0.161. The fourth-order valence-electron chi connectivity index (χ4n) is 11.1. The summed E-state index contributed by atoms with van der Waals surface area (Å²) in [5.74, 6) is -0.633. The summed E-state index contributed by atoms with van der Waals surface area (Å²) < 4.78 is 68.4. The van der Waals surface area contributed by atoms with Crippen molar-refractivity contribution in [3.63, 3.8) is 0 Å². The summed E-state index contributed by atoms with van der Waals surface area (Å²) in [5, 5.41) is 10.6. The van der Waals surface area contributed by atoms with Gasteiger partial charge in [-0.1, -0.05) is 324 Å². The van der Waals surface area contributed by atoms with Crippen LogP contribution in [-0.2, 0) is 65.4 Å². The average Bonchev–Trinajstić information content (AvgIpc) is 2.56. The van der Waals surface area contributed by atoms with Crippen LogP contribution in [0.3, 0.4) is 0 Å². The molecule has 17 nitrogen and oxygen atoms in total. The Kier molecular flexibility index (Phi) is 63.7. The minimum absolute atomic E-state index is 0.107. The van der Waals surface area contributed by atoms with Crippen molar-refractivity contribution in [2.45, 2.75) is 394 Å². The van der Waals surface area contributed by atoms with Crippen LogP contribution in [0.15, 0.2) is 0 Å². The molecule has 2 unspecified atom stereocenters. The van der Waals surface area contributed by atoms with Gasteiger partial charge in [0.05, 0.1) is 26.4 Å². The monoisotopic (exact) mass is 1350 g/mol. The molecule has 546 valence electrons. The molecule has 0 heterocycles. The highest BCUT2D eigenvalue weighted by molar-refractivity contribution is 7.47. The molecule has 92 heavy (non-hydrogen) atoms. The predicted octanol–water partition coefficient (Wildman–Crippen LogP) is 21.2. The fourth-order valence-corrected chi connectivity index (χ4v) is 12.7. The summed E-state index contributed by atoms with van der Waals surface area (Å²) in [6.45, 7) is 9.54. The van der Waals surface area contributed by atoms with Crippen LogP contribution in [0.5, 0.6) is 0 Å². The Morgan fingerprint density at radius 2 is 0.500 bits per heavy atom. The second-order valence-electron chi connectivity index (χ2n) is 27.3. The van der Waals surface area contributed by atoms with Crippen molar-refractivity contribution in [3.05, 3.63) is 0 Å². The van der Waals surface area contributed by atoms with Gasteiger partial charge in [-0.25, -0.2) is 9.13 Å². The Labute approximate surface area is 562 Å². The number of aliphatic hydroxyl groups is 1. The van der Waals surface area contributed by atoms with E-state index in [4.69, 9.17) is 37.0 Å². The highest BCUT2D eigenvalue weighted by Gasteiger charge is 2.30. The number of unbranched alkanes of at least 4 members (excludes halogenated alkanes) is 42. The zero-order valence-electron chi connectivity index (χ0n) is 59.9. The van der Waals surface area contributed by atoms with Crippen molar-refractivity contribution in [1.29, 1.82) is 0 Å². The number of aliphatic hydroxyl groups excluding tert-OH is 1. The van der Waals surface area contributed by atoms with Crippen molar-refractivity contribution in [2.75, 3.05) is 39.6 Å². The van der Waals surface area contributed by atoms with E-state index in [2.05, 4.69) is 41.5 Å². The first-order valence-corrected chi connectivity index (χ1v) is 41.0. The van der Waals surface area contributed by atoms with Gasteiger partial charge in [0, 0.05) is 25.7 Å². The number of phosphoric ester groups is 2. The van der Waals surface area contributed by atoms with Gasteiger partial charge < -0.3 is 33.8 Å². The van der Waals surface area contributed by atoms with E-state index in [-0.39, 0.29) is 25.7 Å². The van der Waals surface area contributed by atoms with Gasteiger partial charge in [0.2, 0.25) is 0 Å². The number of esters is 4. The maximum absolute atomic E-state index is 13.1. The molecule has 5 atom stereocenters. The third-order valence-electron chi connectivity index (χ3n) is 17.0. The van der Waals surface area contributed by atoms with Crippen molar-refractivity contribution < 1.29 is 80.2 Å². The topological polar surface area (TPSA) is 237 Å². The Hall–Kier alpha value is -1.94. The lowest BCUT2D eigenvalue weighted by Crippen LogP contribution is -2.30. The molecule has 0 saturated heterocycles. The second-order valence-corrected chi connectivity index (χ2v) is 30.2. The number of carbonyl (C=O) groups is 4. The second kappa shape index (κ2) is 65.0. The molecule has 0 radical (unpaired) electrons. The van der Waals surface area contributed by atoms with Gasteiger partial charge in [-0.15, -0.1) is 0 Å². The van der Waals surface area contributed by atoms with Crippen LogP contribution in [0.4, 0.5) is 0 Å². The van der Waals surface area contributed by atoms with Crippen LogP contribution in [-0.4, -0.2) is 96.7 Å². The van der Waals surface area contributed by atoms with E-state index in [9.17, 15) is 43.2 Å². The van der Waals surface area contributed by atoms with E-state index < -0.39 is 97.5 Å². The Morgan fingerprint density at radius 1 is 0.293 bits per heavy atom. The zero-order chi connectivity index (χ0) is 67.9. The summed E-state index contributed by atoms with van der Waals surface area (Å²) in [6.07, 6.45) is 51.2. The van der Waals surface area contributed by atoms with Crippen LogP contribution in [0.1, 0.15) is 375 Å². The van der Waals surface area contributed by atoms with Gasteiger partial charge in [0.1, 0.15) is 19.3 Å². The van der Waals surface area contributed by atoms with Crippen LogP contribution in [0, 0.1) is 11.8 Å². The number of carbonyl (C=O) groups excluding carboxylic acids is 4. The highest BCUT2D eigenvalue weighted by atomic mass is 31.2. The number of hydrogen-bond acceptors (Lipinski definition) is 15. The highest BCUT2D eigenvalue weighted by Crippen LogP contribution is 2.45. The summed E-state index contributed by atoms with van der Waals surface area (Å²) in [6, 6.07) is 0. The number of ether oxygens (including phenoxy) is 4. The quantitative estimate of drug-likeness (QED) is 0.0222. The average molecular weight is 1350 g/mol. The zero-order valence-corrected chi connectivity index (χ0v) is 61.6. The molecule has 0 aliphatic rings. The van der Waals surface area contributed by atoms with Crippen LogP contribution < -0.4 is 0 Å². The molecule has 0 aliphatic carbocycles. The summed E-state index contributed by atoms with van der Waals surface area (Å²) in [5.41, 5.74) is 0. The number of rotatable bonds is 72.